The average molecular weight is 802 g/mol. The third kappa shape index (κ3) is 38.9. The minimum Gasteiger partial charge on any atom is -0.462 e. The van der Waals surface area contributed by atoms with Crippen molar-refractivity contribution < 1.29 is 42.7 Å². The second-order valence-electron chi connectivity index (χ2n) is 12.9. The zero-order valence-corrected chi connectivity index (χ0v) is 35.1. The number of carbonyl (C=O) groups is 2. The largest absolute Gasteiger partial charge is 0.472 e. The highest BCUT2D eigenvalue weighted by Crippen LogP contribution is 2.43. The Hall–Kier alpha value is -3.37. The van der Waals surface area contributed by atoms with Gasteiger partial charge in [-0.15, -0.1) is 0 Å². The van der Waals surface area contributed by atoms with Crippen LogP contribution in [0.2, 0.25) is 0 Å². The van der Waals surface area contributed by atoms with E-state index in [1.165, 1.54) is 0 Å². The molecule has 11 heteroatoms. The van der Waals surface area contributed by atoms with Crippen LogP contribution < -0.4 is 5.73 Å². The fraction of sp³-hybridized carbons (Fsp3) is 0.556. The maximum absolute atomic E-state index is 12.6. The van der Waals surface area contributed by atoms with E-state index in [9.17, 15) is 24.2 Å². The van der Waals surface area contributed by atoms with E-state index in [2.05, 4.69) is 86.8 Å². The molecule has 0 aliphatic heterocycles. The van der Waals surface area contributed by atoms with Gasteiger partial charge in [-0.3, -0.25) is 18.6 Å². The van der Waals surface area contributed by atoms with Crippen molar-refractivity contribution >= 4 is 19.8 Å². The van der Waals surface area contributed by atoms with E-state index < -0.39 is 38.6 Å². The van der Waals surface area contributed by atoms with Crippen LogP contribution in [0.25, 0.3) is 0 Å². The first-order valence-electron chi connectivity index (χ1n) is 20.5. The number of aliphatic hydroxyl groups is 1. The van der Waals surface area contributed by atoms with Crippen molar-refractivity contribution in [2.24, 2.45) is 5.73 Å². The summed E-state index contributed by atoms with van der Waals surface area (Å²) in [5.74, 6) is -1.04. The van der Waals surface area contributed by atoms with Crippen LogP contribution in [0.4, 0.5) is 0 Å². The Morgan fingerprint density at radius 3 is 1.80 bits per heavy atom. The van der Waals surface area contributed by atoms with E-state index in [0.717, 1.165) is 77.0 Å². The minimum absolute atomic E-state index is 0.0130. The molecule has 2 unspecified atom stereocenters. The number of phosphoric ester groups is 1. The van der Waals surface area contributed by atoms with Gasteiger partial charge in [-0.1, -0.05) is 142 Å². The number of nitrogens with two attached hydrogens (primary N) is 1. The van der Waals surface area contributed by atoms with Gasteiger partial charge in [-0.05, 0) is 77.0 Å². The average Bonchev–Trinajstić information content (AvgIpc) is 3.18. The van der Waals surface area contributed by atoms with Crippen molar-refractivity contribution in [3.63, 3.8) is 0 Å². The minimum atomic E-state index is -4.44. The molecule has 10 nitrogen and oxygen atoms in total. The number of carbonyl (C=O) groups excluding carboxylic acids is 2. The summed E-state index contributed by atoms with van der Waals surface area (Å²) in [5, 5.41) is 10.2. The lowest BCUT2D eigenvalue weighted by Crippen LogP contribution is -2.29. The molecule has 0 bridgehead atoms. The van der Waals surface area contributed by atoms with Crippen molar-refractivity contribution in [1.29, 1.82) is 0 Å². The molecule has 0 spiro atoms. The molecule has 0 heterocycles. The summed E-state index contributed by atoms with van der Waals surface area (Å²) in [6.45, 7) is 3.24. The Morgan fingerprint density at radius 2 is 1.18 bits per heavy atom. The molecule has 0 aliphatic rings. The van der Waals surface area contributed by atoms with Crippen LogP contribution in [0.3, 0.4) is 0 Å². The summed E-state index contributed by atoms with van der Waals surface area (Å²) in [6.07, 6.45) is 48.7. The maximum atomic E-state index is 12.6. The molecular weight excluding hydrogens is 729 g/mol. The van der Waals surface area contributed by atoms with Crippen LogP contribution >= 0.6 is 7.82 Å². The molecule has 0 radical (unpaired) electrons. The first-order chi connectivity index (χ1) is 27.2. The van der Waals surface area contributed by atoms with Crippen LogP contribution in [0, 0.1) is 0 Å². The monoisotopic (exact) mass is 801 g/mol. The highest BCUT2D eigenvalue weighted by molar-refractivity contribution is 7.47. The Kier molecular flexibility index (Phi) is 37.5. The molecule has 0 aliphatic carbocycles. The quantitative estimate of drug-likeness (QED) is 0.0183. The molecule has 56 heavy (non-hydrogen) atoms. The predicted molar refractivity (Wildman–Crippen MR) is 230 cm³/mol. The number of phosphoric acid groups is 1. The maximum Gasteiger partial charge on any atom is 0.472 e. The summed E-state index contributed by atoms with van der Waals surface area (Å²) >= 11 is 0. The first-order valence-corrected chi connectivity index (χ1v) is 22.0. The van der Waals surface area contributed by atoms with E-state index in [1.807, 2.05) is 12.2 Å². The summed E-state index contributed by atoms with van der Waals surface area (Å²) < 4.78 is 32.6. The van der Waals surface area contributed by atoms with Gasteiger partial charge in [0.15, 0.2) is 6.10 Å². The number of ether oxygens (including phenoxy) is 2. The summed E-state index contributed by atoms with van der Waals surface area (Å²) in [6, 6.07) is 0. The number of unbranched alkanes of at least 4 members (excludes halogenated alkanes) is 5. The number of hydrogen-bond donors (Lipinski definition) is 3. The lowest BCUT2D eigenvalue weighted by atomic mass is 10.1. The molecule has 4 N–H and O–H groups in total. The molecular formula is C45H72NO9P. The first kappa shape index (κ1) is 52.6. The van der Waals surface area contributed by atoms with Gasteiger partial charge in [0.2, 0.25) is 0 Å². The smallest absolute Gasteiger partial charge is 0.462 e. The van der Waals surface area contributed by atoms with Crippen molar-refractivity contribution in [1.82, 2.24) is 0 Å². The van der Waals surface area contributed by atoms with Crippen molar-refractivity contribution in [2.75, 3.05) is 26.4 Å². The third-order valence-electron chi connectivity index (χ3n) is 7.75. The molecule has 0 rings (SSSR count). The van der Waals surface area contributed by atoms with Crippen molar-refractivity contribution in [3.8, 4) is 0 Å². The van der Waals surface area contributed by atoms with Gasteiger partial charge in [0.25, 0.3) is 0 Å². The van der Waals surface area contributed by atoms with Crippen LogP contribution in [0.1, 0.15) is 123 Å². The summed E-state index contributed by atoms with van der Waals surface area (Å²) in [7, 11) is -4.44. The molecule has 3 atom stereocenters. The van der Waals surface area contributed by atoms with Gasteiger partial charge in [-0.25, -0.2) is 4.57 Å². The van der Waals surface area contributed by atoms with E-state index >= 15 is 0 Å². The molecule has 0 fully saturated rings. The molecule has 316 valence electrons. The van der Waals surface area contributed by atoms with Gasteiger partial charge >= 0.3 is 19.8 Å². The number of aliphatic hydroxyl groups excluding tert-OH is 1. The van der Waals surface area contributed by atoms with E-state index in [1.54, 1.807) is 24.3 Å². The van der Waals surface area contributed by atoms with Crippen molar-refractivity contribution in [2.45, 2.75) is 135 Å². The lowest BCUT2D eigenvalue weighted by molar-refractivity contribution is -0.161. The number of allylic oxidation sites excluding steroid dienone is 16. The fourth-order valence-corrected chi connectivity index (χ4v) is 5.52. The predicted octanol–water partition coefficient (Wildman–Crippen LogP) is 10.6. The van der Waals surface area contributed by atoms with Gasteiger partial charge in [-0.2, -0.15) is 0 Å². The lowest BCUT2D eigenvalue weighted by Gasteiger charge is -2.19. The summed E-state index contributed by atoms with van der Waals surface area (Å²) in [5.41, 5.74) is 5.33. The van der Waals surface area contributed by atoms with E-state index in [4.69, 9.17) is 24.3 Å². The fourth-order valence-electron chi connectivity index (χ4n) is 4.76. The van der Waals surface area contributed by atoms with Gasteiger partial charge in [0.05, 0.1) is 19.3 Å². The Morgan fingerprint density at radius 1 is 0.625 bits per heavy atom. The van der Waals surface area contributed by atoms with Crippen LogP contribution in [0.15, 0.2) is 109 Å². The topological polar surface area (TPSA) is 155 Å². The number of rotatable bonds is 36. The molecule has 0 saturated carbocycles. The molecule has 0 aromatic carbocycles. The van der Waals surface area contributed by atoms with Crippen molar-refractivity contribution in [3.05, 3.63) is 109 Å². The zero-order chi connectivity index (χ0) is 41.2. The zero-order valence-electron chi connectivity index (χ0n) is 34.2. The normalized spacial score (nSPS) is 15.0. The number of hydrogen-bond acceptors (Lipinski definition) is 9. The SMILES string of the molecule is CC/C=C\C/C=C\C/C=C\C/C=C\C=C/C(O)C/C=C\CCC(=O)O[C@H](COC(=O)CCCCCCC/C=C\C/C=C\C/C=C\CC)COP(=O)(O)OCCN. The Bertz CT molecular complexity index is 1300. The highest BCUT2D eigenvalue weighted by Gasteiger charge is 2.25. The molecule has 0 amide bonds. The van der Waals surface area contributed by atoms with Crippen LogP contribution in [-0.2, 0) is 32.7 Å². The second-order valence-corrected chi connectivity index (χ2v) is 14.4. The number of esters is 2. The van der Waals surface area contributed by atoms with Gasteiger partial charge < -0.3 is 25.2 Å². The second kappa shape index (κ2) is 39.8. The summed E-state index contributed by atoms with van der Waals surface area (Å²) in [4.78, 5) is 34.8. The highest BCUT2D eigenvalue weighted by atomic mass is 31.2. The van der Waals surface area contributed by atoms with E-state index in [-0.39, 0.29) is 32.6 Å². The van der Waals surface area contributed by atoms with Crippen LogP contribution in [-0.4, -0.2) is 60.5 Å². The third-order valence-corrected chi connectivity index (χ3v) is 8.73. The molecule has 0 aromatic rings. The molecule has 0 aromatic heterocycles. The Labute approximate surface area is 338 Å². The standard InChI is InChI=1S/C45H72NO9P/c1-3-5-7-9-11-13-15-17-18-20-22-24-26-28-32-36-44(48)52-40-43(41-54-56(50,51)53-39-38-46)55-45(49)37-33-29-31-35-42(47)34-30-27-25-23-21-19-16-14-12-10-8-6-4-2/h5-8,11-14,17-19,21,25,27,29-31,34,42-43,47H,3-4,9-10,15-16,20,22-24,26,28,32-33,35-41,46H2,1-2H3,(H,50,51)/b7-5-,8-6-,13-11-,14-12-,18-17-,21-19-,27-25-,31-29-,34-30-/t42?,43-/m1/s1. The van der Waals surface area contributed by atoms with Crippen LogP contribution in [0.5, 0.6) is 0 Å². The Balaban J connectivity index is 4.47. The molecule has 0 saturated heterocycles. The van der Waals surface area contributed by atoms with Gasteiger partial charge in [0.1, 0.15) is 6.61 Å². The van der Waals surface area contributed by atoms with Gasteiger partial charge in [0, 0.05) is 19.4 Å². The van der Waals surface area contributed by atoms with E-state index in [0.29, 0.717) is 19.3 Å².